The monoisotopic (exact) mass is 393 g/mol. The van der Waals surface area contributed by atoms with Crippen molar-refractivity contribution in [2.45, 2.75) is 27.2 Å². The van der Waals surface area contributed by atoms with Crippen molar-refractivity contribution in [2.75, 3.05) is 44.8 Å². The Kier molecular flexibility index (Phi) is 11.5. The normalized spacial score (nSPS) is 10.6. The van der Waals surface area contributed by atoms with Gasteiger partial charge < -0.3 is 25.4 Å². The van der Waals surface area contributed by atoms with Crippen LogP contribution < -0.4 is 16.0 Å². The smallest absolute Gasteiger partial charge is 0.251 e. The molecule has 0 saturated carbocycles. The Hall–Kier alpha value is -2.45. The number of hydrogen-bond acceptors (Lipinski definition) is 5. The molecule has 0 aromatic heterocycles. The summed E-state index contributed by atoms with van der Waals surface area (Å²) < 4.78 is 10.9. The van der Waals surface area contributed by atoms with Gasteiger partial charge in [0, 0.05) is 24.4 Å². The Morgan fingerprint density at radius 3 is 2.50 bits per heavy atom. The van der Waals surface area contributed by atoms with Gasteiger partial charge in [0.05, 0.1) is 26.4 Å². The van der Waals surface area contributed by atoms with E-state index in [-0.39, 0.29) is 18.4 Å². The first-order chi connectivity index (χ1) is 13.4. The van der Waals surface area contributed by atoms with Gasteiger partial charge in [0.15, 0.2) is 0 Å². The van der Waals surface area contributed by atoms with Gasteiger partial charge in [-0.15, -0.1) is 0 Å². The van der Waals surface area contributed by atoms with E-state index in [1.54, 1.807) is 18.2 Å². The number of carbonyl (C=O) groups excluding carboxylic acids is 3. The van der Waals surface area contributed by atoms with Crippen LogP contribution in [0.1, 0.15) is 36.2 Å². The maximum atomic E-state index is 12.4. The predicted molar refractivity (Wildman–Crippen MR) is 107 cm³/mol. The zero-order chi connectivity index (χ0) is 20.8. The largest absolute Gasteiger partial charge is 0.379 e. The molecule has 1 aromatic rings. The molecule has 8 nitrogen and oxygen atoms in total. The minimum absolute atomic E-state index is 0.128. The average Bonchev–Trinajstić information content (AvgIpc) is 2.66. The third-order valence-corrected chi connectivity index (χ3v) is 3.86. The standard InChI is InChI=1S/C20H31N3O5/c1-15(2)6-8-27-10-11-28-9-7-22-20(26)18-12-17(5-4-16(18)3)23-19(25)13-21-14-24/h4-5,12,14-15H,6-11,13H2,1-3H3,(H,21,24)(H,22,26)(H,23,25). The van der Waals surface area contributed by atoms with Gasteiger partial charge in [-0.1, -0.05) is 19.9 Å². The molecule has 0 radical (unpaired) electrons. The average molecular weight is 393 g/mol. The number of rotatable bonds is 14. The summed E-state index contributed by atoms with van der Waals surface area (Å²) in [5.74, 6) is 0.0159. The van der Waals surface area contributed by atoms with Gasteiger partial charge >= 0.3 is 0 Å². The molecule has 0 fully saturated rings. The lowest BCUT2D eigenvalue weighted by molar-refractivity contribution is -0.118. The summed E-state index contributed by atoms with van der Waals surface area (Å²) in [7, 11) is 0. The van der Waals surface area contributed by atoms with Crippen LogP contribution in [0.25, 0.3) is 0 Å². The molecule has 8 heteroatoms. The molecule has 156 valence electrons. The van der Waals surface area contributed by atoms with Crippen LogP contribution in [-0.4, -0.2) is 57.7 Å². The number of anilines is 1. The zero-order valence-electron chi connectivity index (χ0n) is 16.9. The van der Waals surface area contributed by atoms with E-state index >= 15 is 0 Å². The van der Waals surface area contributed by atoms with Gasteiger partial charge in [0.2, 0.25) is 12.3 Å². The molecule has 0 heterocycles. The highest BCUT2D eigenvalue weighted by atomic mass is 16.5. The maximum Gasteiger partial charge on any atom is 0.251 e. The lowest BCUT2D eigenvalue weighted by Gasteiger charge is -2.11. The summed E-state index contributed by atoms with van der Waals surface area (Å²) in [5, 5.41) is 7.71. The third-order valence-electron chi connectivity index (χ3n) is 3.86. The molecule has 3 N–H and O–H groups in total. The van der Waals surface area contributed by atoms with Gasteiger partial charge in [0.1, 0.15) is 0 Å². The molecule has 28 heavy (non-hydrogen) atoms. The Bertz CT molecular complexity index is 634. The number of aryl methyl sites for hydroxylation is 1. The van der Waals surface area contributed by atoms with Crippen molar-refractivity contribution in [1.82, 2.24) is 10.6 Å². The minimum atomic E-state index is -0.369. The number of carbonyl (C=O) groups is 3. The van der Waals surface area contributed by atoms with Crippen molar-refractivity contribution in [3.8, 4) is 0 Å². The second kappa shape index (κ2) is 13.7. The molecule has 0 bridgehead atoms. The molecule has 0 unspecified atom stereocenters. The molecule has 0 saturated heterocycles. The van der Waals surface area contributed by atoms with E-state index in [9.17, 15) is 14.4 Å². The summed E-state index contributed by atoms with van der Waals surface area (Å²) in [6.07, 6.45) is 1.48. The Morgan fingerprint density at radius 1 is 1.11 bits per heavy atom. The maximum absolute atomic E-state index is 12.4. The first-order valence-corrected chi connectivity index (χ1v) is 9.45. The first kappa shape index (κ1) is 23.6. The van der Waals surface area contributed by atoms with Crippen LogP contribution in [0.2, 0.25) is 0 Å². The quantitative estimate of drug-likeness (QED) is 0.328. The van der Waals surface area contributed by atoms with Crippen LogP contribution in [-0.2, 0) is 19.1 Å². The zero-order valence-corrected chi connectivity index (χ0v) is 16.9. The highest BCUT2D eigenvalue weighted by Gasteiger charge is 2.11. The summed E-state index contributed by atoms with van der Waals surface area (Å²) in [6.45, 7) is 8.53. The first-order valence-electron chi connectivity index (χ1n) is 9.45. The lowest BCUT2D eigenvalue weighted by Crippen LogP contribution is -2.29. The van der Waals surface area contributed by atoms with Crippen molar-refractivity contribution in [1.29, 1.82) is 0 Å². The highest BCUT2D eigenvalue weighted by Crippen LogP contribution is 2.15. The number of amides is 3. The molecular formula is C20H31N3O5. The van der Waals surface area contributed by atoms with E-state index in [1.165, 1.54) is 0 Å². The second-order valence-corrected chi connectivity index (χ2v) is 6.74. The van der Waals surface area contributed by atoms with E-state index < -0.39 is 0 Å². The fourth-order valence-electron chi connectivity index (χ4n) is 2.26. The van der Waals surface area contributed by atoms with Gasteiger partial charge in [-0.05, 0) is 37.0 Å². The minimum Gasteiger partial charge on any atom is -0.379 e. The molecule has 3 amide bonds. The van der Waals surface area contributed by atoms with E-state index in [1.807, 2.05) is 6.92 Å². The summed E-state index contributed by atoms with van der Waals surface area (Å²) in [5.41, 5.74) is 1.75. The molecule has 0 atom stereocenters. The third kappa shape index (κ3) is 10.0. The summed E-state index contributed by atoms with van der Waals surface area (Å²) >= 11 is 0. The van der Waals surface area contributed by atoms with Crippen LogP contribution in [0, 0.1) is 12.8 Å². The number of nitrogens with one attached hydrogen (secondary N) is 3. The van der Waals surface area contributed by atoms with Crippen molar-refractivity contribution in [3.63, 3.8) is 0 Å². The van der Waals surface area contributed by atoms with E-state index in [2.05, 4.69) is 29.8 Å². The molecule has 0 aliphatic carbocycles. The SMILES string of the molecule is Cc1ccc(NC(=O)CNC=O)cc1C(=O)NCCOCCOCCC(C)C. The number of benzene rings is 1. The van der Waals surface area contributed by atoms with Crippen LogP contribution in [0.4, 0.5) is 5.69 Å². The van der Waals surface area contributed by atoms with Crippen molar-refractivity contribution >= 4 is 23.9 Å². The van der Waals surface area contributed by atoms with Crippen molar-refractivity contribution < 1.29 is 23.9 Å². The Labute approximate surface area is 166 Å². The molecular weight excluding hydrogens is 362 g/mol. The van der Waals surface area contributed by atoms with Crippen LogP contribution in [0.15, 0.2) is 18.2 Å². The van der Waals surface area contributed by atoms with Gasteiger partial charge in [-0.2, -0.15) is 0 Å². The number of hydrogen-bond donors (Lipinski definition) is 3. The van der Waals surface area contributed by atoms with E-state index in [0.717, 1.165) is 18.6 Å². The topological polar surface area (TPSA) is 106 Å². The van der Waals surface area contributed by atoms with Gasteiger partial charge in [-0.25, -0.2) is 0 Å². The fraction of sp³-hybridized carbons (Fsp3) is 0.550. The summed E-state index contributed by atoms with van der Waals surface area (Å²) in [6, 6.07) is 5.06. The predicted octanol–water partition coefficient (Wildman–Crippen LogP) is 1.49. The van der Waals surface area contributed by atoms with Gasteiger partial charge in [-0.3, -0.25) is 14.4 Å². The van der Waals surface area contributed by atoms with Crippen LogP contribution in [0.5, 0.6) is 0 Å². The summed E-state index contributed by atoms with van der Waals surface area (Å²) in [4.78, 5) is 34.2. The van der Waals surface area contributed by atoms with Crippen molar-refractivity contribution in [3.05, 3.63) is 29.3 Å². The molecule has 0 aliphatic heterocycles. The molecule has 1 rings (SSSR count). The molecule has 0 spiro atoms. The highest BCUT2D eigenvalue weighted by molar-refractivity contribution is 5.98. The molecule has 0 aliphatic rings. The van der Waals surface area contributed by atoms with Crippen LogP contribution in [0.3, 0.4) is 0 Å². The Balaban J connectivity index is 2.32. The fourth-order valence-corrected chi connectivity index (χ4v) is 2.26. The van der Waals surface area contributed by atoms with E-state index in [4.69, 9.17) is 9.47 Å². The molecule has 1 aromatic carbocycles. The van der Waals surface area contributed by atoms with Crippen molar-refractivity contribution in [2.24, 2.45) is 5.92 Å². The number of ether oxygens (including phenoxy) is 2. The Morgan fingerprint density at radius 2 is 1.82 bits per heavy atom. The second-order valence-electron chi connectivity index (χ2n) is 6.74. The van der Waals surface area contributed by atoms with Gasteiger partial charge in [0.25, 0.3) is 5.91 Å². The van der Waals surface area contributed by atoms with Crippen LogP contribution >= 0.6 is 0 Å². The van der Waals surface area contributed by atoms with E-state index in [0.29, 0.717) is 49.9 Å². The lowest BCUT2D eigenvalue weighted by atomic mass is 10.1.